The molecule has 56 valence electrons. The summed E-state index contributed by atoms with van der Waals surface area (Å²) in [6.45, 7) is 12.5. The van der Waals surface area contributed by atoms with Gasteiger partial charge in [-0.2, -0.15) is 0 Å². The molecule has 10 heavy (non-hydrogen) atoms. The van der Waals surface area contributed by atoms with Gasteiger partial charge in [0.25, 0.3) is 0 Å². The van der Waals surface area contributed by atoms with Crippen molar-refractivity contribution in [1.82, 2.24) is 0 Å². The Morgan fingerprint density at radius 3 is 2.40 bits per heavy atom. The average molecular weight is 136 g/mol. The Balaban J connectivity index is 2.66. The molecule has 0 aromatic rings. The predicted octanol–water partition coefficient (Wildman–Crippen LogP) is 3.16. The lowest BCUT2D eigenvalue weighted by Gasteiger charge is -2.27. The lowest BCUT2D eigenvalue weighted by Crippen LogP contribution is -2.14. The summed E-state index contributed by atoms with van der Waals surface area (Å²) < 4.78 is 0. The van der Waals surface area contributed by atoms with E-state index in [1.54, 1.807) is 0 Å². The molecule has 1 saturated carbocycles. The van der Waals surface area contributed by atoms with Crippen LogP contribution < -0.4 is 0 Å². The largest absolute Gasteiger partial charge is 0.0956 e. The second-order valence-electron chi connectivity index (χ2n) is 3.57. The molecule has 1 aliphatic carbocycles. The van der Waals surface area contributed by atoms with E-state index in [0.29, 0.717) is 5.92 Å². The summed E-state index contributed by atoms with van der Waals surface area (Å²) in [6, 6.07) is 0. The van der Waals surface area contributed by atoms with Crippen molar-refractivity contribution in [2.24, 2.45) is 11.8 Å². The molecule has 0 aromatic heterocycles. The summed E-state index contributed by atoms with van der Waals surface area (Å²) in [4.78, 5) is 0. The highest BCUT2D eigenvalue weighted by atomic mass is 14.3. The van der Waals surface area contributed by atoms with Crippen LogP contribution in [0.4, 0.5) is 0 Å². The molecule has 1 aliphatic rings. The first kappa shape index (κ1) is 7.59. The van der Waals surface area contributed by atoms with E-state index in [0.717, 1.165) is 12.3 Å². The molecule has 0 heteroatoms. The van der Waals surface area contributed by atoms with Crippen molar-refractivity contribution in [3.05, 3.63) is 24.3 Å². The van der Waals surface area contributed by atoms with E-state index in [-0.39, 0.29) is 0 Å². The summed E-state index contributed by atoms with van der Waals surface area (Å²) in [5.41, 5.74) is 2.55. The third kappa shape index (κ3) is 1.31. The van der Waals surface area contributed by atoms with Crippen molar-refractivity contribution in [2.45, 2.75) is 26.7 Å². The van der Waals surface area contributed by atoms with Crippen LogP contribution >= 0.6 is 0 Å². The molecule has 0 heterocycles. The Morgan fingerprint density at radius 1 is 1.30 bits per heavy atom. The lowest BCUT2D eigenvalue weighted by atomic mass is 9.78. The second kappa shape index (κ2) is 2.61. The van der Waals surface area contributed by atoms with Gasteiger partial charge in [0.15, 0.2) is 0 Å². The minimum absolute atomic E-state index is 0.663. The Hall–Kier alpha value is -0.520. The summed E-state index contributed by atoms with van der Waals surface area (Å²) in [6.07, 6.45) is 2.45. The molecule has 2 atom stereocenters. The number of hydrogen-bond donors (Lipinski definition) is 0. The zero-order chi connectivity index (χ0) is 7.72. The van der Waals surface area contributed by atoms with Gasteiger partial charge in [-0.05, 0) is 30.3 Å². The fourth-order valence-electron chi connectivity index (χ4n) is 1.73. The maximum Gasteiger partial charge on any atom is -0.0191 e. The third-order valence-corrected chi connectivity index (χ3v) is 2.40. The van der Waals surface area contributed by atoms with Crippen molar-refractivity contribution < 1.29 is 0 Å². The Morgan fingerprint density at radius 2 is 1.90 bits per heavy atom. The van der Waals surface area contributed by atoms with Gasteiger partial charge in [0, 0.05) is 0 Å². The average Bonchev–Trinajstić information content (AvgIpc) is 1.82. The van der Waals surface area contributed by atoms with Crippen LogP contribution in [0.5, 0.6) is 0 Å². The SMILES string of the molecule is C=C1C[C@@H](C)C[C@H](C)C1=C. The van der Waals surface area contributed by atoms with Crippen molar-refractivity contribution in [2.75, 3.05) is 0 Å². The fraction of sp³-hybridized carbons (Fsp3) is 0.600. The van der Waals surface area contributed by atoms with Crippen molar-refractivity contribution >= 4 is 0 Å². The molecule has 0 spiro atoms. The molecular weight excluding hydrogens is 120 g/mol. The molecule has 1 fully saturated rings. The lowest BCUT2D eigenvalue weighted by molar-refractivity contribution is 0.418. The molecule has 0 saturated heterocycles. The van der Waals surface area contributed by atoms with Gasteiger partial charge in [-0.25, -0.2) is 0 Å². The maximum absolute atomic E-state index is 4.01. The minimum atomic E-state index is 0.663. The van der Waals surface area contributed by atoms with Crippen LogP contribution in [0.15, 0.2) is 24.3 Å². The van der Waals surface area contributed by atoms with Crippen molar-refractivity contribution in [3.8, 4) is 0 Å². The highest BCUT2D eigenvalue weighted by Gasteiger charge is 2.20. The first-order valence-corrected chi connectivity index (χ1v) is 3.98. The quantitative estimate of drug-likeness (QED) is 0.480. The van der Waals surface area contributed by atoms with Crippen LogP contribution in [0.1, 0.15) is 26.7 Å². The summed E-state index contributed by atoms with van der Waals surface area (Å²) in [5, 5.41) is 0. The maximum atomic E-state index is 4.01. The van der Waals surface area contributed by atoms with Gasteiger partial charge < -0.3 is 0 Å². The monoisotopic (exact) mass is 136 g/mol. The van der Waals surface area contributed by atoms with Gasteiger partial charge in [-0.15, -0.1) is 0 Å². The molecule has 0 aliphatic heterocycles. The standard InChI is InChI=1S/C10H16/c1-7-5-8(2)10(4)9(3)6-7/h7,9H,2,4-6H2,1,3H3/t7-,9+/m1/s1. The minimum Gasteiger partial charge on any atom is -0.0956 e. The Bertz CT molecular complexity index is 165. The molecule has 0 amide bonds. The van der Waals surface area contributed by atoms with E-state index < -0.39 is 0 Å². The third-order valence-electron chi connectivity index (χ3n) is 2.40. The number of rotatable bonds is 0. The smallest absolute Gasteiger partial charge is 0.0191 e. The molecule has 0 nitrogen and oxygen atoms in total. The molecule has 0 aromatic carbocycles. The second-order valence-corrected chi connectivity index (χ2v) is 3.57. The molecule has 0 unspecified atom stereocenters. The molecule has 1 rings (SSSR count). The molecule has 0 N–H and O–H groups in total. The first-order valence-electron chi connectivity index (χ1n) is 3.98. The van der Waals surface area contributed by atoms with E-state index >= 15 is 0 Å². The zero-order valence-electron chi connectivity index (χ0n) is 6.98. The topological polar surface area (TPSA) is 0 Å². The number of allylic oxidation sites excluding steroid dienone is 2. The van der Waals surface area contributed by atoms with Crippen LogP contribution in [0.3, 0.4) is 0 Å². The van der Waals surface area contributed by atoms with Gasteiger partial charge in [-0.3, -0.25) is 0 Å². The fourth-order valence-corrected chi connectivity index (χ4v) is 1.73. The van der Waals surface area contributed by atoms with E-state index in [2.05, 4.69) is 27.0 Å². The van der Waals surface area contributed by atoms with Crippen molar-refractivity contribution in [3.63, 3.8) is 0 Å². The van der Waals surface area contributed by atoms with E-state index in [1.165, 1.54) is 17.6 Å². The van der Waals surface area contributed by atoms with E-state index in [4.69, 9.17) is 0 Å². The van der Waals surface area contributed by atoms with Crippen LogP contribution in [0, 0.1) is 11.8 Å². The van der Waals surface area contributed by atoms with Crippen LogP contribution in [-0.4, -0.2) is 0 Å². The Kier molecular flexibility index (Phi) is 1.98. The zero-order valence-corrected chi connectivity index (χ0v) is 6.98. The first-order chi connectivity index (χ1) is 4.61. The highest BCUT2D eigenvalue weighted by Crippen LogP contribution is 2.34. The Labute approximate surface area is 63.6 Å². The van der Waals surface area contributed by atoms with Gasteiger partial charge in [0.1, 0.15) is 0 Å². The predicted molar refractivity (Wildman–Crippen MR) is 45.8 cm³/mol. The van der Waals surface area contributed by atoms with E-state index in [9.17, 15) is 0 Å². The van der Waals surface area contributed by atoms with Crippen LogP contribution in [0.2, 0.25) is 0 Å². The van der Waals surface area contributed by atoms with Gasteiger partial charge in [-0.1, -0.05) is 32.6 Å². The van der Waals surface area contributed by atoms with Crippen molar-refractivity contribution in [1.29, 1.82) is 0 Å². The van der Waals surface area contributed by atoms with Crippen LogP contribution in [-0.2, 0) is 0 Å². The number of hydrogen-bond acceptors (Lipinski definition) is 0. The highest BCUT2D eigenvalue weighted by molar-refractivity contribution is 5.29. The summed E-state index contributed by atoms with van der Waals surface area (Å²) in [5.74, 6) is 1.48. The molecular formula is C10H16. The van der Waals surface area contributed by atoms with Gasteiger partial charge >= 0.3 is 0 Å². The van der Waals surface area contributed by atoms with Gasteiger partial charge in [0.05, 0.1) is 0 Å². The van der Waals surface area contributed by atoms with Crippen LogP contribution in [0.25, 0.3) is 0 Å². The summed E-state index contributed by atoms with van der Waals surface area (Å²) in [7, 11) is 0. The van der Waals surface area contributed by atoms with Gasteiger partial charge in [0.2, 0.25) is 0 Å². The normalized spacial score (nSPS) is 34.6. The molecule has 0 radical (unpaired) electrons. The summed E-state index contributed by atoms with van der Waals surface area (Å²) >= 11 is 0. The van der Waals surface area contributed by atoms with E-state index in [1.807, 2.05) is 0 Å². The molecule has 0 bridgehead atoms.